The molecule has 1 fully saturated rings. The number of hydrogen-bond acceptors (Lipinski definition) is 3. The molecule has 1 aliphatic rings. The van der Waals surface area contributed by atoms with Crippen LogP contribution in [-0.4, -0.2) is 51.6 Å². The minimum absolute atomic E-state index is 0.0567. The molecule has 2 heterocycles. The normalized spacial score (nSPS) is 15.9. The lowest BCUT2D eigenvalue weighted by atomic mass is 10.2. The van der Waals surface area contributed by atoms with E-state index in [1.807, 2.05) is 4.90 Å². The second kappa shape index (κ2) is 8.13. The maximum Gasteiger partial charge on any atom is 0.416 e. The number of anilines is 1. The summed E-state index contributed by atoms with van der Waals surface area (Å²) in [5.41, 5.74) is -0.786. The summed E-state index contributed by atoms with van der Waals surface area (Å²) in [5.74, 6) is 0.233. The maximum absolute atomic E-state index is 12.9. The summed E-state index contributed by atoms with van der Waals surface area (Å²) in [5, 5.41) is 2.46. The summed E-state index contributed by atoms with van der Waals surface area (Å²) in [4.78, 5) is 19.6. The number of alkyl halides is 5. The van der Waals surface area contributed by atoms with E-state index in [-0.39, 0.29) is 18.1 Å². The van der Waals surface area contributed by atoms with Crippen LogP contribution in [0.5, 0.6) is 0 Å². The Morgan fingerprint density at radius 2 is 1.89 bits per heavy atom. The number of urea groups is 1. The van der Waals surface area contributed by atoms with E-state index in [9.17, 15) is 26.7 Å². The number of carbonyl (C=O) groups is 1. The molecule has 11 heteroatoms. The Labute approximate surface area is 157 Å². The maximum atomic E-state index is 12.9. The average Bonchev–Trinajstić information content (AvgIpc) is 3.10. The minimum Gasteiger partial charge on any atom is -0.322 e. The van der Waals surface area contributed by atoms with Crippen LogP contribution in [0.15, 0.2) is 36.7 Å². The van der Waals surface area contributed by atoms with Crippen molar-refractivity contribution in [3.8, 4) is 0 Å². The van der Waals surface area contributed by atoms with Crippen molar-refractivity contribution in [2.45, 2.75) is 19.3 Å². The Bertz CT molecular complexity index is 814. The van der Waals surface area contributed by atoms with Gasteiger partial charge in [-0.05, 0) is 18.2 Å². The van der Waals surface area contributed by atoms with E-state index in [0.717, 1.165) is 16.7 Å². The van der Waals surface area contributed by atoms with E-state index >= 15 is 0 Å². The van der Waals surface area contributed by atoms with Gasteiger partial charge < -0.3 is 10.2 Å². The fourth-order valence-electron chi connectivity index (χ4n) is 2.93. The van der Waals surface area contributed by atoms with Crippen molar-refractivity contribution in [3.05, 3.63) is 48.0 Å². The Morgan fingerprint density at radius 3 is 2.54 bits per heavy atom. The molecule has 1 aromatic carbocycles. The van der Waals surface area contributed by atoms with Gasteiger partial charge in [-0.15, -0.1) is 0 Å². The molecule has 0 spiro atoms. The molecule has 1 aromatic heterocycles. The quantitative estimate of drug-likeness (QED) is 0.793. The molecule has 0 aliphatic carbocycles. The summed E-state index contributed by atoms with van der Waals surface area (Å²) in [6.07, 6.45) is -1.98. The van der Waals surface area contributed by atoms with E-state index in [4.69, 9.17) is 0 Å². The van der Waals surface area contributed by atoms with Gasteiger partial charge in [-0.3, -0.25) is 9.47 Å². The molecule has 3 rings (SSSR count). The van der Waals surface area contributed by atoms with Gasteiger partial charge in [-0.1, -0.05) is 6.07 Å². The van der Waals surface area contributed by atoms with Crippen molar-refractivity contribution in [2.75, 3.05) is 31.5 Å². The lowest BCUT2D eigenvalue weighted by Gasteiger charge is -2.34. The number of nitrogens with zero attached hydrogens (tertiary/aromatic N) is 4. The molecule has 1 saturated heterocycles. The summed E-state index contributed by atoms with van der Waals surface area (Å²) < 4.78 is 64.8. The number of nitrogens with one attached hydrogen (secondary N) is 1. The molecule has 152 valence electrons. The van der Waals surface area contributed by atoms with Gasteiger partial charge in [-0.25, -0.2) is 9.78 Å². The molecule has 2 amide bonds. The van der Waals surface area contributed by atoms with Gasteiger partial charge in [0.25, 0.3) is 0 Å². The number of halogens is 5. The number of aromatic nitrogens is 2. The largest absolute Gasteiger partial charge is 0.416 e. The number of amides is 2. The third-order valence-electron chi connectivity index (χ3n) is 4.42. The van der Waals surface area contributed by atoms with Crippen LogP contribution >= 0.6 is 0 Å². The predicted molar refractivity (Wildman–Crippen MR) is 90.8 cm³/mol. The van der Waals surface area contributed by atoms with Gasteiger partial charge >= 0.3 is 18.8 Å². The Kier molecular flexibility index (Phi) is 5.82. The molecule has 1 aliphatic heterocycles. The van der Waals surface area contributed by atoms with Gasteiger partial charge in [0.2, 0.25) is 0 Å². The average molecular weight is 403 g/mol. The van der Waals surface area contributed by atoms with E-state index < -0.39 is 24.3 Å². The van der Waals surface area contributed by atoms with Crippen LogP contribution in [0.25, 0.3) is 0 Å². The number of hydrogen-bond donors (Lipinski definition) is 1. The molecule has 28 heavy (non-hydrogen) atoms. The topological polar surface area (TPSA) is 53.4 Å². The molecule has 0 bridgehead atoms. The third-order valence-corrected chi connectivity index (χ3v) is 4.42. The summed E-state index contributed by atoms with van der Waals surface area (Å²) in [6.45, 7) is -0.934. The van der Waals surface area contributed by atoms with Crippen molar-refractivity contribution in [2.24, 2.45) is 0 Å². The first-order valence-electron chi connectivity index (χ1n) is 8.49. The van der Waals surface area contributed by atoms with Crippen molar-refractivity contribution in [3.63, 3.8) is 0 Å². The summed E-state index contributed by atoms with van der Waals surface area (Å²) >= 11 is 0. The van der Waals surface area contributed by atoms with Crippen LogP contribution in [-0.2, 0) is 12.7 Å². The highest BCUT2D eigenvalue weighted by molar-refractivity contribution is 5.89. The number of imidazole rings is 1. The zero-order valence-electron chi connectivity index (χ0n) is 14.7. The van der Waals surface area contributed by atoms with Gasteiger partial charge in [0.05, 0.1) is 12.1 Å². The van der Waals surface area contributed by atoms with E-state index in [2.05, 4.69) is 10.3 Å². The summed E-state index contributed by atoms with van der Waals surface area (Å²) in [6, 6.07) is 3.90. The fraction of sp³-hybridized carbons (Fsp3) is 0.412. The Balaban J connectivity index is 1.53. The Morgan fingerprint density at radius 1 is 1.18 bits per heavy atom. The third kappa shape index (κ3) is 4.77. The second-order valence-electron chi connectivity index (χ2n) is 6.30. The van der Waals surface area contributed by atoms with E-state index in [0.29, 0.717) is 26.2 Å². The smallest absolute Gasteiger partial charge is 0.322 e. The second-order valence-corrected chi connectivity index (χ2v) is 6.30. The first kappa shape index (κ1) is 20.1. The molecule has 1 N–H and O–H groups in total. The van der Waals surface area contributed by atoms with E-state index in [1.165, 1.54) is 29.4 Å². The van der Waals surface area contributed by atoms with Crippen LogP contribution in [0.1, 0.15) is 17.9 Å². The molecule has 0 unspecified atom stereocenters. The SMILES string of the molecule is O=C(Nc1cccc(C(F)(F)F)c1)N1CCN(Cc2nccn2C(F)F)CC1. The van der Waals surface area contributed by atoms with Gasteiger partial charge in [0, 0.05) is 44.3 Å². The molecule has 0 saturated carbocycles. The molecule has 0 radical (unpaired) electrons. The first-order chi connectivity index (χ1) is 13.2. The van der Waals surface area contributed by atoms with Gasteiger partial charge in [0.15, 0.2) is 0 Å². The molecular formula is C17H18F5N5O. The minimum atomic E-state index is -4.49. The zero-order chi connectivity index (χ0) is 20.3. The van der Waals surface area contributed by atoms with E-state index in [1.54, 1.807) is 0 Å². The predicted octanol–water partition coefficient (Wildman–Crippen LogP) is 3.65. The molecule has 0 atom stereocenters. The number of piperazine rings is 1. The standard InChI is InChI=1S/C17H18F5N5O/c18-15(19)27-5-4-23-14(27)11-25-6-8-26(9-7-25)16(28)24-13-3-1-2-12(10-13)17(20,21)22/h1-5,10,15H,6-9,11H2,(H,24,28). The monoisotopic (exact) mass is 403 g/mol. The highest BCUT2D eigenvalue weighted by atomic mass is 19.4. The molecule has 6 nitrogen and oxygen atoms in total. The van der Waals surface area contributed by atoms with Crippen molar-refractivity contribution < 1.29 is 26.7 Å². The van der Waals surface area contributed by atoms with Crippen molar-refractivity contribution in [1.82, 2.24) is 19.4 Å². The van der Waals surface area contributed by atoms with Crippen molar-refractivity contribution >= 4 is 11.7 Å². The number of benzene rings is 1. The lowest BCUT2D eigenvalue weighted by molar-refractivity contribution is -0.137. The zero-order valence-corrected chi connectivity index (χ0v) is 14.7. The Hall–Kier alpha value is -2.69. The van der Waals surface area contributed by atoms with Crippen LogP contribution < -0.4 is 5.32 Å². The van der Waals surface area contributed by atoms with Crippen molar-refractivity contribution in [1.29, 1.82) is 0 Å². The van der Waals surface area contributed by atoms with Crippen LogP contribution in [0.4, 0.5) is 32.4 Å². The van der Waals surface area contributed by atoms with Crippen LogP contribution in [0.2, 0.25) is 0 Å². The lowest BCUT2D eigenvalue weighted by Crippen LogP contribution is -2.49. The molecular weight excluding hydrogens is 385 g/mol. The van der Waals surface area contributed by atoms with Gasteiger partial charge in [-0.2, -0.15) is 22.0 Å². The molecule has 2 aromatic rings. The fourth-order valence-corrected chi connectivity index (χ4v) is 2.93. The van der Waals surface area contributed by atoms with Crippen LogP contribution in [0.3, 0.4) is 0 Å². The number of carbonyl (C=O) groups excluding carboxylic acids is 1. The summed E-state index contributed by atoms with van der Waals surface area (Å²) in [7, 11) is 0. The van der Waals surface area contributed by atoms with Gasteiger partial charge in [0.1, 0.15) is 5.82 Å². The van der Waals surface area contributed by atoms with Crippen LogP contribution in [0, 0.1) is 0 Å². The highest BCUT2D eigenvalue weighted by Gasteiger charge is 2.30. The number of rotatable bonds is 4. The highest BCUT2D eigenvalue weighted by Crippen LogP contribution is 2.30. The first-order valence-corrected chi connectivity index (χ1v) is 8.49.